The van der Waals surface area contributed by atoms with Gasteiger partial charge in [-0.05, 0) is 0 Å². The molecule has 1 aromatic rings. The van der Waals surface area contributed by atoms with Gasteiger partial charge in [0.05, 0.1) is 6.20 Å². The summed E-state index contributed by atoms with van der Waals surface area (Å²) in [6.45, 7) is 0. The normalized spacial score (nSPS) is 8.92. The molecule has 0 bridgehead atoms. The van der Waals surface area contributed by atoms with Crippen LogP contribution in [0.2, 0.25) is 0 Å². The monoisotopic (exact) mass is 165 g/mol. The topological polar surface area (TPSA) is 107 Å². The number of carbonyl (C=O) groups is 1. The Kier molecular flexibility index (Phi) is 1.88. The number of aromatic carboxylic acids is 1. The maximum absolute atomic E-state index is 10.5. The number of nitrogens with one attached hydrogen (secondary N) is 1. The average molecular weight is 165 g/mol. The lowest BCUT2D eigenvalue weighted by Crippen LogP contribution is -2.16. The number of rotatable bonds is 1. The second-order valence-electron chi connectivity index (χ2n) is 1.89. The van der Waals surface area contributed by atoms with Crippen LogP contribution < -0.4 is 5.69 Å². The van der Waals surface area contributed by atoms with Crippen molar-refractivity contribution < 1.29 is 9.90 Å². The van der Waals surface area contributed by atoms with Gasteiger partial charge in [0.15, 0.2) is 0 Å². The molecule has 0 aromatic carbocycles. The van der Waals surface area contributed by atoms with Gasteiger partial charge in [-0.2, -0.15) is 5.26 Å². The molecule has 1 heterocycles. The molecule has 60 valence electrons. The summed E-state index contributed by atoms with van der Waals surface area (Å²) < 4.78 is 0. The van der Waals surface area contributed by atoms with Crippen LogP contribution in [-0.4, -0.2) is 21.0 Å². The van der Waals surface area contributed by atoms with E-state index in [0.717, 1.165) is 6.20 Å². The van der Waals surface area contributed by atoms with Crippen LogP contribution >= 0.6 is 0 Å². The molecule has 1 aromatic heterocycles. The summed E-state index contributed by atoms with van der Waals surface area (Å²) in [5.41, 5.74) is -1.38. The van der Waals surface area contributed by atoms with E-state index in [9.17, 15) is 9.59 Å². The molecule has 0 aliphatic rings. The lowest BCUT2D eigenvalue weighted by atomic mass is 10.2. The van der Waals surface area contributed by atoms with E-state index in [1.54, 1.807) is 6.07 Å². The van der Waals surface area contributed by atoms with Crippen LogP contribution in [0.25, 0.3) is 0 Å². The standard InChI is InChI=1S/C6H3N3O3/c7-1-3-2-8-6(12)9-4(3)5(10)11/h2H,(H,10,11)(H,8,9,12). The molecule has 0 unspecified atom stereocenters. The molecule has 0 spiro atoms. The van der Waals surface area contributed by atoms with E-state index in [1.165, 1.54) is 0 Å². The first-order valence-electron chi connectivity index (χ1n) is 2.88. The van der Waals surface area contributed by atoms with Crippen molar-refractivity contribution in [1.29, 1.82) is 5.26 Å². The molecule has 2 N–H and O–H groups in total. The Bertz CT molecular complexity index is 415. The van der Waals surface area contributed by atoms with E-state index in [2.05, 4.69) is 4.98 Å². The van der Waals surface area contributed by atoms with E-state index >= 15 is 0 Å². The van der Waals surface area contributed by atoms with Crippen LogP contribution in [0, 0.1) is 11.3 Å². The van der Waals surface area contributed by atoms with Crippen molar-refractivity contribution in [3.63, 3.8) is 0 Å². The number of carboxylic acid groups (broad SMARTS) is 1. The Morgan fingerprint density at radius 1 is 1.75 bits per heavy atom. The summed E-state index contributed by atoms with van der Waals surface area (Å²) in [6.07, 6.45) is 0.919. The third-order valence-electron chi connectivity index (χ3n) is 1.15. The number of nitriles is 1. The first kappa shape index (κ1) is 7.94. The maximum Gasteiger partial charge on any atom is 0.353 e. The van der Waals surface area contributed by atoms with Gasteiger partial charge in [-0.1, -0.05) is 0 Å². The number of nitrogens with zero attached hydrogens (tertiary/aromatic N) is 2. The first-order chi connectivity index (χ1) is 5.65. The fraction of sp³-hybridized carbons (Fsp3) is 0. The molecule has 0 saturated carbocycles. The fourth-order valence-corrected chi connectivity index (χ4v) is 0.648. The van der Waals surface area contributed by atoms with Crippen molar-refractivity contribution in [2.45, 2.75) is 0 Å². The predicted molar refractivity (Wildman–Crippen MR) is 36.5 cm³/mol. The van der Waals surface area contributed by atoms with Crippen LogP contribution in [0.15, 0.2) is 11.0 Å². The van der Waals surface area contributed by atoms with Crippen molar-refractivity contribution in [2.24, 2.45) is 0 Å². The maximum atomic E-state index is 10.5. The average Bonchev–Trinajstić information content (AvgIpc) is 2.04. The zero-order valence-electron chi connectivity index (χ0n) is 5.74. The second-order valence-corrected chi connectivity index (χ2v) is 1.89. The Balaban J connectivity index is 3.44. The smallest absolute Gasteiger partial charge is 0.353 e. The highest BCUT2D eigenvalue weighted by Crippen LogP contribution is 1.98. The Labute approximate surface area is 66.1 Å². The van der Waals surface area contributed by atoms with Gasteiger partial charge >= 0.3 is 11.7 Å². The highest BCUT2D eigenvalue weighted by atomic mass is 16.4. The van der Waals surface area contributed by atoms with Gasteiger partial charge in [-0.3, -0.25) is 4.98 Å². The highest BCUT2D eigenvalue weighted by Gasteiger charge is 2.10. The van der Waals surface area contributed by atoms with E-state index < -0.39 is 17.4 Å². The van der Waals surface area contributed by atoms with Gasteiger partial charge in [-0.25, -0.2) is 14.6 Å². The minimum atomic E-state index is -1.36. The Hall–Kier alpha value is -2.16. The molecule has 0 saturated heterocycles. The quantitative estimate of drug-likeness (QED) is 0.574. The molecule has 0 radical (unpaired) electrons. The van der Waals surface area contributed by atoms with Crippen LogP contribution in [0.3, 0.4) is 0 Å². The number of aromatic nitrogens is 2. The third kappa shape index (κ3) is 1.29. The summed E-state index contributed by atoms with van der Waals surface area (Å²) in [4.78, 5) is 26.0. The van der Waals surface area contributed by atoms with Gasteiger partial charge in [0.2, 0.25) is 0 Å². The molecule has 1 rings (SSSR count). The molecule has 0 atom stereocenters. The van der Waals surface area contributed by atoms with Gasteiger partial charge < -0.3 is 5.11 Å². The lowest BCUT2D eigenvalue weighted by molar-refractivity contribution is 0.0689. The zero-order chi connectivity index (χ0) is 9.14. The number of hydrogen-bond donors (Lipinski definition) is 2. The van der Waals surface area contributed by atoms with E-state index in [4.69, 9.17) is 10.4 Å². The summed E-state index contributed by atoms with van der Waals surface area (Å²) in [5.74, 6) is -1.36. The molecular weight excluding hydrogens is 162 g/mol. The number of hydrogen-bond acceptors (Lipinski definition) is 4. The minimum Gasteiger partial charge on any atom is -0.477 e. The van der Waals surface area contributed by atoms with Crippen molar-refractivity contribution in [2.75, 3.05) is 0 Å². The van der Waals surface area contributed by atoms with Crippen LogP contribution in [-0.2, 0) is 0 Å². The molecule has 0 amide bonds. The van der Waals surface area contributed by atoms with Crippen molar-refractivity contribution in [3.8, 4) is 6.07 Å². The van der Waals surface area contributed by atoms with Crippen LogP contribution in [0.1, 0.15) is 16.1 Å². The molecule has 6 heteroatoms. The highest BCUT2D eigenvalue weighted by molar-refractivity contribution is 5.87. The molecular formula is C6H3N3O3. The first-order valence-corrected chi connectivity index (χ1v) is 2.88. The summed E-state index contributed by atoms with van der Waals surface area (Å²) in [5, 5.41) is 16.9. The van der Waals surface area contributed by atoms with Gasteiger partial charge in [0.1, 0.15) is 17.3 Å². The number of H-pyrrole nitrogens is 1. The zero-order valence-corrected chi connectivity index (χ0v) is 5.74. The van der Waals surface area contributed by atoms with Crippen LogP contribution in [0.5, 0.6) is 0 Å². The summed E-state index contributed by atoms with van der Waals surface area (Å²) in [6, 6.07) is 1.59. The fourth-order valence-electron chi connectivity index (χ4n) is 0.648. The van der Waals surface area contributed by atoms with E-state index in [1.807, 2.05) is 4.98 Å². The largest absolute Gasteiger partial charge is 0.477 e. The summed E-state index contributed by atoms with van der Waals surface area (Å²) in [7, 11) is 0. The minimum absolute atomic E-state index is 0.165. The number of aromatic amines is 1. The van der Waals surface area contributed by atoms with Gasteiger partial charge in [-0.15, -0.1) is 0 Å². The van der Waals surface area contributed by atoms with Gasteiger partial charge in [0, 0.05) is 0 Å². The Morgan fingerprint density at radius 2 is 2.42 bits per heavy atom. The Morgan fingerprint density at radius 3 is 2.92 bits per heavy atom. The van der Waals surface area contributed by atoms with Crippen molar-refractivity contribution in [3.05, 3.63) is 27.9 Å². The van der Waals surface area contributed by atoms with Crippen LogP contribution in [0.4, 0.5) is 0 Å². The SMILES string of the molecule is N#Cc1cnc(=O)[nH]c1C(=O)O. The van der Waals surface area contributed by atoms with Crippen molar-refractivity contribution >= 4 is 5.97 Å². The van der Waals surface area contributed by atoms with Crippen molar-refractivity contribution in [1.82, 2.24) is 9.97 Å². The predicted octanol–water partition coefficient (Wildman–Crippen LogP) is -0.660. The molecule has 0 fully saturated rings. The molecule has 0 aliphatic carbocycles. The third-order valence-corrected chi connectivity index (χ3v) is 1.15. The van der Waals surface area contributed by atoms with E-state index in [0.29, 0.717) is 0 Å². The van der Waals surface area contributed by atoms with E-state index in [-0.39, 0.29) is 5.56 Å². The molecule has 0 aliphatic heterocycles. The summed E-state index contributed by atoms with van der Waals surface area (Å²) >= 11 is 0. The molecule has 12 heavy (non-hydrogen) atoms. The lowest BCUT2D eigenvalue weighted by Gasteiger charge is -1.93. The second kappa shape index (κ2) is 2.84. The molecule has 6 nitrogen and oxygen atoms in total. The number of carboxylic acids is 1. The van der Waals surface area contributed by atoms with Gasteiger partial charge in [0.25, 0.3) is 0 Å².